The molecule has 0 spiro atoms. The number of carbonyl (C=O) groups is 4. The first-order valence-corrected chi connectivity index (χ1v) is 9.55. The van der Waals surface area contributed by atoms with E-state index >= 15 is 0 Å². The number of nitrogens with one attached hydrogen (secondary N) is 2. The third-order valence-electron chi connectivity index (χ3n) is 5.30. The molecule has 2 aliphatic rings. The molecule has 2 N–H and O–H groups in total. The van der Waals surface area contributed by atoms with E-state index in [2.05, 4.69) is 15.3 Å². The Morgan fingerprint density at radius 1 is 1.19 bits per heavy atom. The van der Waals surface area contributed by atoms with Gasteiger partial charge in [-0.2, -0.15) is 13.2 Å². The van der Waals surface area contributed by atoms with Crippen LogP contribution in [0.5, 0.6) is 0 Å². The smallest absolute Gasteiger partial charge is 0.337 e. The molecule has 4 amide bonds. The molecule has 1 unspecified atom stereocenters. The van der Waals surface area contributed by atoms with Gasteiger partial charge in [-0.25, -0.2) is 9.97 Å². The predicted octanol–water partition coefficient (Wildman–Crippen LogP) is 1.27. The van der Waals surface area contributed by atoms with Crippen LogP contribution in [0.1, 0.15) is 50.7 Å². The highest BCUT2D eigenvalue weighted by Gasteiger charge is 2.43. The fourth-order valence-corrected chi connectivity index (χ4v) is 3.74. The third kappa shape index (κ3) is 4.03. The first-order chi connectivity index (χ1) is 15.1. The van der Waals surface area contributed by atoms with Gasteiger partial charge in [0.05, 0.1) is 0 Å². The number of fused-ring (bicyclic) bond motifs is 1. The van der Waals surface area contributed by atoms with E-state index in [1.807, 2.05) is 5.32 Å². The second-order valence-electron chi connectivity index (χ2n) is 7.39. The second kappa shape index (κ2) is 8.02. The summed E-state index contributed by atoms with van der Waals surface area (Å²) in [5.74, 6) is -2.45. The van der Waals surface area contributed by atoms with Crippen molar-refractivity contribution in [1.82, 2.24) is 25.5 Å². The first kappa shape index (κ1) is 21.4. The number of rotatable bonds is 4. The molecule has 12 heteroatoms. The number of hydrogen-bond acceptors (Lipinski definition) is 6. The SMILES string of the molecule is O=C1CCC(N2Cc3cc(C(=O)N[C@H](c4cncnc4)C(F)(F)F)ccc3C2=O)C(=O)N1. The molecule has 4 rings (SSSR count). The van der Waals surface area contributed by atoms with Gasteiger partial charge in [-0.3, -0.25) is 24.5 Å². The summed E-state index contributed by atoms with van der Waals surface area (Å²) in [7, 11) is 0. The zero-order valence-electron chi connectivity index (χ0n) is 16.3. The largest absolute Gasteiger partial charge is 0.412 e. The maximum absolute atomic E-state index is 13.5. The molecule has 0 saturated carbocycles. The second-order valence-corrected chi connectivity index (χ2v) is 7.39. The summed E-state index contributed by atoms with van der Waals surface area (Å²) in [5, 5.41) is 4.12. The summed E-state index contributed by atoms with van der Waals surface area (Å²) in [5.41, 5.74) is 0.246. The van der Waals surface area contributed by atoms with Gasteiger partial charge in [-0.1, -0.05) is 0 Å². The van der Waals surface area contributed by atoms with Crippen molar-refractivity contribution in [2.45, 2.75) is 37.6 Å². The number of nitrogens with zero attached hydrogens (tertiary/aromatic N) is 3. The Morgan fingerprint density at radius 3 is 2.56 bits per heavy atom. The summed E-state index contributed by atoms with van der Waals surface area (Å²) in [4.78, 5) is 57.1. The topological polar surface area (TPSA) is 121 Å². The number of carbonyl (C=O) groups excluding carboxylic acids is 4. The lowest BCUT2D eigenvalue weighted by Crippen LogP contribution is -2.52. The molecule has 3 heterocycles. The normalized spacial score (nSPS) is 19.4. The number of amides is 4. The number of halogens is 3. The standard InChI is InChI=1S/C20H16F3N5O4/c21-20(22,23)16(12-6-24-9-25-7-12)27-17(30)10-1-2-13-11(5-10)8-28(19(13)32)14-3-4-15(29)26-18(14)31/h1-2,5-7,9,14,16H,3-4,8H2,(H,27,30)(H,26,29,31)/t14?,16-/m1/s1. The fourth-order valence-electron chi connectivity index (χ4n) is 3.74. The molecule has 166 valence electrons. The van der Waals surface area contributed by atoms with Gasteiger partial charge in [0.1, 0.15) is 12.4 Å². The molecule has 1 aromatic heterocycles. The lowest BCUT2D eigenvalue weighted by Gasteiger charge is -2.29. The monoisotopic (exact) mass is 447 g/mol. The molecule has 32 heavy (non-hydrogen) atoms. The van der Waals surface area contributed by atoms with Crippen LogP contribution in [0.15, 0.2) is 36.9 Å². The molecule has 1 aromatic carbocycles. The number of aromatic nitrogens is 2. The van der Waals surface area contributed by atoms with Gasteiger partial charge in [0.2, 0.25) is 11.8 Å². The molecule has 1 saturated heterocycles. The molecule has 0 radical (unpaired) electrons. The van der Waals surface area contributed by atoms with Crippen molar-refractivity contribution in [2.75, 3.05) is 0 Å². The highest BCUT2D eigenvalue weighted by molar-refractivity contribution is 6.06. The Labute approximate surface area is 179 Å². The molecular formula is C20H16F3N5O4. The zero-order valence-corrected chi connectivity index (χ0v) is 16.3. The summed E-state index contributed by atoms with van der Waals surface area (Å²) in [6.45, 7) is -0.00319. The van der Waals surface area contributed by atoms with Gasteiger partial charge in [0.25, 0.3) is 11.8 Å². The van der Waals surface area contributed by atoms with Gasteiger partial charge < -0.3 is 10.2 Å². The van der Waals surface area contributed by atoms with Crippen molar-refractivity contribution in [3.05, 3.63) is 59.2 Å². The Bertz CT molecular complexity index is 1110. The van der Waals surface area contributed by atoms with Crippen LogP contribution in [0.4, 0.5) is 13.2 Å². The van der Waals surface area contributed by atoms with Crippen LogP contribution in [0.2, 0.25) is 0 Å². The lowest BCUT2D eigenvalue weighted by molar-refractivity contribution is -0.155. The lowest BCUT2D eigenvalue weighted by atomic mass is 10.0. The molecule has 0 aliphatic carbocycles. The van der Waals surface area contributed by atoms with Crippen molar-refractivity contribution in [1.29, 1.82) is 0 Å². The van der Waals surface area contributed by atoms with Crippen molar-refractivity contribution < 1.29 is 32.3 Å². The molecule has 0 bridgehead atoms. The van der Waals surface area contributed by atoms with Gasteiger partial charge in [-0.15, -0.1) is 0 Å². The number of piperidine rings is 1. The minimum absolute atomic E-state index is 0.00319. The van der Waals surface area contributed by atoms with Crippen LogP contribution in [-0.4, -0.2) is 50.7 Å². The van der Waals surface area contributed by atoms with Gasteiger partial charge in [-0.05, 0) is 30.2 Å². The number of alkyl halides is 3. The molecule has 2 atom stereocenters. The highest BCUT2D eigenvalue weighted by atomic mass is 19.4. The zero-order chi connectivity index (χ0) is 23.0. The van der Waals surface area contributed by atoms with Gasteiger partial charge in [0.15, 0.2) is 6.04 Å². The molecular weight excluding hydrogens is 431 g/mol. The summed E-state index contributed by atoms with van der Waals surface area (Å²) < 4.78 is 40.5. The summed E-state index contributed by atoms with van der Waals surface area (Å²) in [6.07, 6.45) is -1.52. The quantitative estimate of drug-likeness (QED) is 0.681. The van der Waals surface area contributed by atoms with E-state index in [4.69, 9.17) is 0 Å². The summed E-state index contributed by atoms with van der Waals surface area (Å²) in [6, 6.07) is 0.758. The van der Waals surface area contributed by atoms with Crippen LogP contribution in [0.3, 0.4) is 0 Å². The Balaban J connectivity index is 1.54. The van der Waals surface area contributed by atoms with Crippen LogP contribution in [0.25, 0.3) is 0 Å². The Hall–Kier alpha value is -3.83. The average Bonchev–Trinajstić information content (AvgIpc) is 3.07. The molecule has 1 fully saturated rings. The van der Waals surface area contributed by atoms with Crippen molar-refractivity contribution >= 4 is 23.6 Å². The maximum Gasteiger partial charge on any atom is 0.412 e. The van der Waals surface area contributed by atoms with Gasteiger partial charge in [0, 0.05) is 42.0 Å². The van der Waals surface area contributed by atoms with Crippen molar-refractivity contribution in [3.8, 4) is 0 Å². The third-order valence-corrected chi connectivity index (χ3v) is 5.30. The van der Waals surface area contributed by atoms with Gasteiger partial charge >= 0.3 is 6.18 Å². The fraction of sp³-hybridized carbons (Fsp3) is 0.300. The molecule has 2 aromatic rings. The highest BCUT2D eigenvalue weighted by Crippen LogP contribution is 2.33. The van der Waals surface area contributed by atoms with E-state index in [1.54, 1.807) is 0 Å². The van der Waals surface area contributed by atoms with Crippen LogP contribution in [-0.2, 0) is 16.1 Å². The molecule has 2 aliphatic heterocycles. The van der Waals surface area contributed by atoms with Crippen LogP contribution >= 0.6 is 0 Å². The van der Waals surface area contributed by atoms with E-state index in [1.165, 1.54) is 23.1 Å². The van der Waals surface area contributed by atoms with Crippen LogP contribution in [0, 0.1) is 0 Å². The minimum atomic E-state index is -4.78. The Morgan fingerprint density at radius 2 is 1.91 bits per heavy atom. The van der Waals surface area contributed by atoms with E-state index < -0.39 is 41.9 Å². The van der Waals surface area contributed by atoms with E-state index in [9.17, 15) is 32.3 Å². The molecule has 9 nitrogen and oxygen atoms in total. The number of imide groups is 1. The van der Waals surface area contributed by atoms with Crippen molar-refractivity contribution in [3.63, 3.8) is 0 Å². The van der Waals surface area contributed by atoms with E-state index in [0.717, 1.165) is 18.7 Å². The Kier molecular flexibility index (Phi) is 5.36. The predicted molar refractivity (Wildman–Crippen MR) is 101 cm³/mol. The average molecular weight is 447 g/mol. The van der Waals surface area contributed by atoms with E-state index in [0.29, 0.717) is 5.56 Å². The van der Waals surface area contributed by atoms with E-state index in [-0.39, 0.29) is 36.1 Å². The maximum atomic E-state index is 13.5. The minimum Gasteiger partial charge on any atom is -0.337 e. The number of benzene rings is 1. The van der Waals surface area contributed by atoms with Crippen LogP contribution < -0.4 is 10.6 Å². The first-order valence-electron chi connectivity index (χ1n) is 9.55. The summed E-state index contributed by atoms with van der Waals surface area (Å²) >= 11 is 0. The number of hydrogen-bond donors (Lipinski definition) is 2. The van der Waals surface area contributed by atoms with Crippen molar-refractivity contribution in [2.24, 2.45) is 0 Å².